The second-order valence-corrected chi connectivity index (χ2v) is 4.79. The highest BCUT2D eigenvalue weighted by molar-refractivity contribution is 7.99. The van der Waals surface area contributed by atoms with Gasteiger partial charge in [-0.05, 0) is 13.8 Å². The van der Waals surface area contributed by atoms with Crippen LogP contribution >= 0.6 is 11.8 Å². The maximum absolute atomic E-state index is 9.33. The lowest BCUT2D eigenvalue weighted by Gasteiger charge is -2.14. The first-order chi connectivity index (χ1) is 6.65. The molecule has 4 heteroatoms. The van der Waals surface area contributed by atoms with Gasteiger partial charge in [-0.3, -0.25) is 0 Å². The fourth-order valence-corrected chi connectivity index (χ4v) is 2.06. The molecule has 0 radical (unpaired) electrons. The van der Waals surface area contributed by atoms with E-state index in [-0.39, 0.29) is 11.4 Å². The number of imidazole rings is 1. The molecule has 1 aromatic rings. The molecule has 1 rings (SSSR count). The molecule has 0 fully saturated rings. The SMILES string of the molecule is CCn1cncc1CSC(C)C(C)O. The number of nitrogens with zero attached hydrogens (tertiary/aromatic N) is 2. The molecule has 0 saturated carbocycles. The number of aliphatic hydroxyl groups is 1. The minimum Gasteiger partial charge on any atom is -0.392 e. The van der Waals surface area contributed by atoms with Gasteiger partial charge >= 0.3 is 0 Å². The van der Waals surface area contributed by atoms with Crippen molar-refractivity contribution in [3.63, 3.8) is 0 Å². The third-order valence-corrected chi connectivity index (χ3v) is 3.69. The van der Waals surface area contributed by atoms with Gasteiger partial charge in [0.1, 0.15) is 0 Å². The minimum absolute atomic E-state index is 0.252. The van der Waals surface area contributed by atoms with E-state index in [1.54, 1.807) is 11.8 Å². The Balaban J connectivity index is 2.45. The van der Waals surface area contributed by atoms with Crippen LogP contribution in [0.3, 0.4) is 0 Å². The number of thioether (sulfide) groups is 1. The maximum atomic E-state index is 9.33. The van der Waals surface area contributed by atoms with Gasteiger partial charge in [-0.1, -0.05) is 6.92 Å². The summed E-state index contributed by atoms with van der Waals surface area (Å²) >= 11 is 1.76. The highest BCUT2D eigenvalue weighted by Gasteiger charge is 2.10. The maximum Gasteiger partial charge on any atom is 0.0948 e. The monoisotopic (exact) mass is 214 g/mol. The number of rotatable bonds is 5. The largest absolute Gasteiger partial charge is 0.392 e. The molecule has 0 aromatic carbocycles. The van der Waals surface area contributed by atoms with Crippen molar-refractivity contribution in [1.82, 2.24) is 9.55 Å². The average Bonchev–Trinajstić information content (AvgIpc) is 2.60. The molecule has 1 heterocycles. The Morgan fingerprint density at radius 3 is 2.86 bits per heavy atom. The van der Waals surface area contributed by atoms with Crippen LogP contribution in [0.5, 0.6) is 0 Å². The molecule has 80 valence electrons. The highest BCUT2D eigenvalue weighted by atomic mass is 32.2. The van der Waals surface area contributed by atoms with Crippen molar-refractivity contribution < 1.29 is 5.11 Å². The van der Waals surface area contributed by atoms with E-state index in [1.807, 2.05) is 26.4 Å². The zero-order valence-electron chi connectivity index (χ0n) is 8.97. The normalized spacial score (nSPS) is 15.4. The van der Waals surface area contributed by atoms with Gasteiger partial charge in [-0.2, -0.15) is 0 Å². The molecule has 0 saturated heterocycles. The Morgan fingerprint density at radius 1 is 1.57 bits per heavy atom. The summed E-state index contributed by atoms with van der Waals surface area (Å²) in [6.07, 6.45) is 3.49. The van der Waals surface area contributed by atoms with Crippen molar-refractivity contribution in [2.75, 3.05) is 0 Å². The van der Waals surface area contributed by atoms with Crippen LogP contribution in [0.25, 0.3) is 0 Å². The number of aliphatic hydroxyl groups excluding tert-OH is 1. The Labute approximate surface area is 89.5 Å². The van der Waals surface area contributed by atoms with Crippen LogP contribution in [0, 0.1) is 0 Å². The van der Waals surface area contributed by atoms with E-state index in [0.29, 0.717) is 0 Å². The van der Waals surface area contributed by atoms with Crippen LogP contribution in [0.15, 0.2) is 12.5 Å². The molecule has 3 nitrogen and oxygen atoms in total. The van der Waals surface area contributed by atoms with Crippen LogP contribution in [-0.4, -0.2) is 26.0 Å². The van der Waals surface area contributed by atoms with Gasteiger partial charge in [0.2, 0.25) is 0 Å². The molecule has 0 bridgehead atoms. The quantitative estimate of drug-likeness (QED) is 0.813. The van der Waals surface area contributed by atoms with Crippen LogP contribution in [0.4, 0.5) is 0 Å². The first kappa shape index (κ1) is 11.6. The minimum atomic E-state index is -0.252. The van der Waals surface area contributed by atoms with Crippen molar-refractivity contribution in [3.05, 3.63) is 18.2 Å². The Morgan fingerprint density at radius 2 is 2.29 bits per heavy atom. The number of hydrogen-bond donors (Lipinski definition) is 1. The van der Waals surface area contributed by atoms with Crippen LogP contribution in [0.1, 0.15) is 26.5 Å². The molecule has 2 unspecified atom stereocenters. The fourth-order valence-electron chi connectivity index (χ4n) is 1.11. The number of aromatic nitrogens is 2. The molecule has 0 aliphatic carbocycles. The summed E-state index contributed by atoms with van der Waals surface area (Å²) in [5.74, 6) is 0.917. The molecule has 0 aliphatic rings. The van der Waals surface area contributed by atoms with Crippen molar-refractivity contribution >= 4 is 11.8 Å². The summed E-state index contributed by atoms with van der Waals surface area (Å²) < 4.78 is 2.13. The summed E-state index contributed by atoms with van der Waals surface area (Å²) in [6, 6.07) is 0. The molecular formula is C10H18N2OS. The molecule has 1 aromatic heterocycles. The predicted octanol–water partition coefficient (Wildman–Crippen LogP) is 1.91. The second kappa shape index (κ2) is 5.41. The first-order valence-electron chi connectivity index (χ1n) is 4.93. The lowest BCUT2D eigenvalue weighted by Crippen LogP contribution is -2.15. The summed E-state index contributed by atoms with van der Waals surface area (Å²) in [7, 11) is 0. The Bertz CT molecular complexity index is 273. The zero-order valence-corrected chi connectivity index (χ0v) is 9.79. The summed E-state index contributed by atoms with van der Waals surface area (Å²) in [5, 5.41) is 9.61. The standard InChI is InChI=1S/C10H18N2OS/c1-4-12-7-11-5-10(12)6-14-9(3)8(2)13/h5,7-9,13H,4,6H2,1-3H3. The number of hydrogen-bond acceptors (Lipinski definition) is 3. The molecule has 0 aliphatic heterocycles. The van der Waals surface area contributed by atoms with Crippen LogP contribution in [-0.2, 0) is 12.3 Å². The van der Waals surface area contributed by atoms with E-state index in [2.05, 4.69) is 16.5 Å². The average molecular weight is 214 g/mol. The van der Waals surface area contributed by atoms with E-state index in [9.17, 15) is 5.11 Å². The summed E-state index contributed by atoms with van der Waals surface area (Å²) in [5.41, 5.74) is 1.23. The van der Waals surface area contributed by atoms with Crippen LogP contribution in [0.2, 0.25) is 0 Å². The fraction of sp³-hybridized carbons (Fsp3) is 0.700. The third kappa shape index (κ3) is 3.03. The van der Waals surface area contributed by atoms with Gasteiger partial charge in [0, 0.05) is 29.4 Å². The van der Waals surface area contributed by atoms with Gasteiger partial charge in [0.05, 0.1) is 12.4 Å². The smallest absolute Gasteiger partial charge is 0.0948 e. The van der Waals surface area contributed by atoms with Crippen molar-refractivity contribution in [2.24, 2.45) is 0 Å². The van der Waals surface area contributed by atoms with Gasteiger partial charge in [-0.15, -0.1) is 11.8 Å². The lowest BCUT2D eigenvalue weighted by atomic mass is 10.3. The summed E-state index contributed by atoms with van der Waals surface area (Å²) in [4.78, 5) is 4.10. The molecule has 2 atom stereocenters. The molecule has 0 amide bonds. The molecule has 1 N–H and O–H groups in total. The van der Waals surface area contributed by atoms with E-state index in [0.717, 1.165) is 12.3 Å². The highest BCUT2D eigenvalue weighted by Crippen LogP contribution is 2.19. The third-order valence-electron chi connectivity index (χ3n) is 2.31. The number of aryl methyl sites for hydroxylation is 1. The molecule has 14 heavy (non-hydrogen) atoms. The van der Waals surface area contributed by atoms with E-state index in [4.69, 9.17) is 0 Å². The van der Waals surface area contributed by atoms with E-state index < -0.39 is 0 Å². The van der Waals surface area contributed by atoms with Crippen molar-refractivity contribution in [3.8, 4) is 0 Å². The zero-order chi connectivity index (χ0) is 10.6. The van der Waals surface area contributed by atoms with Gasteiger partial charge < -0.3 is 9.67 Å². The predicted molar refractivity (Wildman–Crippen MR) is 60.3 cm³/mol. The van der Waals surface area contributed by atoms with Crippen molar-refractivity contribution in [2.45, 2.75) is 44.4 Å². The topological polar surface area (TPSA) is 38.0 Å². The molecular weight excluding hydrogens is 196 g/mol. The van der Waals surface area contributed by atoms with Gasteiger partial charge in [-0.25, -0.2) is 4.98 Å². The Hall–Kier alpha value is -0.480. The van der Waals surface area contributed by atoms with Gasteiger partial charge in [0.25, 0.3) is 0 Å². The first-order valence-corrected chi connectivity index (χ1v) is 5.98. The van der Waals surface area contributed by atoms with Crippen LogP contribution < -0.4 is 0 Å². The Kier molecular flexibility index (Phi) is 4.48. The lowest BCUT2D eigenvalue weighted by molar-refractivity contribution is 0.196. The van der Waals surface area contributed by atoms with E-state index in [1.165, 1.54) is 5.69 Å². The van der Waals surface area contributed by atoms with Gasteiger partial charge in [0.15, 0.2) is 0 Å². The van der Waals surface area contributed by atoms with E-state index >= 15 is 0 Å². The summed E-state index contributed by atoms with van der Waals surface area (Å²) in [6.45, 7) is 6.93. The second-order valence-electron chi connectivity index (χ2n) is 3.43. The van der Waals surface area contributed by atoms with Crippen molar-refractivity contribution in [1.29, 1.82) is 0 Å². The molecule has 0 spiro atoms.